The lowest BCUT2D eigenvalue weighted by Gasteiger charge is -2.04. The molecular weight excluding hydrogens is 278 g/mol. The van der Waals surface area contributed by atoms with Gasteiger partial charge in [-0.1, -0.05) is 29.5 Å². The van der Waals surface area contributed by atoms with Crippen LogP contribution in [0.1, 0.15) is 21.8 Å². The molecule has 20 heavy (non-hydrogen) atoms. The van der Waals surface area contributed by atoms with Gasteiger partial charge >= 0.3 is 0 Å². The first-order chi connectivity index (χ1) is 9.60. The summed E-state index contributed by atoms with van der Waals surface area (Å²) in [5.41, 5.74) is 6.98. The summed E-state index contributed by atoms with van der Waals surface area (Å²) in [7, 11) is 1.53. The van der Waals surface area contributed by atoms with Gasteiger partial charge in [0.25, 0.3) is 5.91 Å². The van der Waals surface area contributed by atoms with E-state index in [0.717, 1.165) is 0 Å². The molecule has 0 saturated heterocycles. The summed E-state index contributed by atoms with van der Waals surface area (Å²) in [6, 6.07) is 8.47. The first-order valence-electron chi connectivity index (χ1n) is 5.76. The van der Waals surface area contributed by atoms with E-state index < -0.39 is 0 Å². The first kappa shape index (κ1) is 14.2. The number of hydrogen-bond acceptors (Lipinski definition) is 5. The molecule has 0 saturated carbocycles. The number of amides is 1. The Labute approximate surface area is 120 Å². The van der Waals surface area contributed by atoms with Crippen molar-refractivity contribution < 1.29 is 14.1 Å². The van der Waals surface area contributed by atoms with Crippen LogP contribution in [0.25, 0.3) is 0 Å². The second-order valence-electron chi connectivity index (χ2n) is 4.01. The Kier molecular flexibility index (Phi) is 4.44. The Bertz CT molecular complexity index is 639. The molecule has 7 heteroatoms. The second-order valence-corrected chi connectivity index (χ2v) is 4.45. The molecule has 1 amide bonds. The van der Waals surface area contributed by atoms with E-state index in [1.807, 2.05) is 0 Å². The molecule has 0 spiro atoms. The number of anilines is 1. The Morgan fingerprint density at radius 1 is 1.50 bits per heavy atom. The van der Waals surface area contributed by atoms with Crippen molar-refractivity contribution in [2.24, 2.45) is 5.73 Å². The molecule has 1 aromatic heterocycles. The first-order valence-corrected chi connectivity index (χ1v) is 6.16. The molecular formula is C13H13N3O3S. The van der Waals surface area contributed by atoms with Gasteiger partial charge < -0.3 is 20.3 Å². The highest BCUT2D eigenvalue weighted by molar-refractivity contribution is 7.80. The molecule has 104 valence electrons. The van der Waals surface area contributed by atoms with Crippen molar-refractivity contribution in [2.75, 3.05) is 12.4 Å². The van der Waals surface area contributed by atoms with Crippen LogP contribution in [0.4, 0.5) is 5.69 Å². The molecule has 1 aromatic carbocycles. The molecule has 1 heterocycles. The van der Waals surface area contributed by atoms with E-state index in [9.17, 15) is 4.79 Å². The molecule has 2 aromatic rings. The molecule has 0 aliphatic heterocycles. The van der Waals surface area contributed by atoms with Gasteiger partial charge in [0, 0.05) is 24.4 Å². The second kappa shape index (κ2) is 6.27. The van der Waals surface area contributed by atoms with Crippen LogP contribution in [0.3, 0.4) is 0 Å². The summed E-state index contributed by atoms with van der Waals surface area (Å²) in [5, 5.41) is 6.36. The van der Waals surface area contributed by atoms with E-state index in [-0.39, 0.29) is 23.2 Å². The quantitative estimate of drug-likeness (QED) is 0.815. The maximum atomic E-state index is 12.0. The number of carbonyl (C=O) groups excluding carboxylic acids is 1. The zero-order chi connectivity index (χ0) is 14.5. The standard InChI is InChI=1S/C13H13N3O3S/c1-18-7-10-6-11(16-19-10)13(17)15-9-4-2-3-8(5-9)12(14)20/h2-6H,7H2,1H3,(H2,14,20)(H,15,17). The zero-order valence-corrected chi connectivity index (χ0v) is 11.6. The third-order valence-corrected chi connectivity index (χ3v) is 2.72. The summed E-state index contributed by atoms with van der Waals surface area (Å²) >= 11 is 4.88. The lowest BCUT2D eigenvalue weighted by atomic mass is 10.2. The van der Waals surface area contributed by atoms with Gasteiger partial charge in [-0.15, -0.1) is 0 Å². The highest BCUT2D eigenvalue weighted by Gasteiger charge is 2.13. The Morgan fingerprint density at radius 3 is 3.00 bits per heavy atom. The molecule has 0 radical (unpaired) electrons. The summed E-state index contributed by atoms with van der Waals surface area (Å²) < 4.78 is 9.84. The van der Waals surface area contributed by atoms with Gasteiger partial charge in [-0.2, -0.15) is 0 Å². The zero-order valence-electron chi connectivity index (χ0n) is 10.8. The lowest BCUT2D eigenvalue weighted by molar-refractivity contribution is 0.101. The number of nitrogens with two attached hydrogens (primary N) is 1. The number of benzene rings is 1. The predicted octanol–water partition coefficient (Wildman–Crippen LogP) is 1.71. The normalized spacial score (nSPS) is 10.2. The number of nitrogens with zero attached hydrogens (tertiary/aromatic N) is 1. The summed E-state index contributed by atoms with van der Waals surface area (Å²) in [6.07, 6.45) is 0. The van der Waals surface area contributed by atoms with Crippen LogP contribution in [0.2, 0.25) is 0 Å². The third-order valence-electron chi connectivity index (χ3n) is 2.48. The van der Waals surface area contributed by atoms with Crippen molar-refractivity contribution in [3.8, 4) is 0 Å². The van der Waals surface area contributed by atoms with Gasteiger partial charge in [0.15, 0.2) is 11.5 Å². The molecule has 0 aliphatic rings. The third kappa shape index (κ3) is 3.40. The predicted molar refractivity (Wildman–Crippen MR) is 77.5 cm³/mol. The molecule has 0 aliphatic carbocycles. The van der Waals surface area contributed by atoms with Gasteiger partial charge in [0.05, 0.1) is 0 Å². The number of thiocarbonyl (C=S) groups is 1. The van der Waals surface area contributed by atoms with E-state index in [0.29, 0.717) is 17.0 Å². The van der Waals surface area contributed by atoms with Crippen molar-refractivity contribution in [2.45, 2.75) is 6.61 Å². The van der Waals surface area contributed by atoms with Crippen LogP contribution < -0.4 is 11.1 Å². The number of nitrogens with one attached hydrogen (secondary N) is 1. The highest BCUT2D eigenvalue weighted by Crippen LogP contribution is 2.13. The minimum absolute atomic E-state index is 0.178. The minimum Gasteiger partial charge on any atom is -0.389 e. The van der Waals surface area contributed by atoms with Gasteiger partial charge in [-0.3, -0.25) is 4.79 Å². The average Bonchev–Trinajstić information content (AvgIpc) is 2.88. The molecule has 6 nitrogen and oxygen atoms in total. The van der Waals surface area contributed by atoms with Gasteiger partial charge in [0.1, 0.15) is 11.6 Å². The van der Waals surface area contributed by atoms with Crippen LogP contribution in [0.5, 0.6) is 0 Å². The molecule has 0 atom stereocenters. The van der Waals surface area contributed by atoms with Crippen LogP contribution in [0.15, 0.2) is 34.9 Å². The Morgan fingerprint density at radius 2 is 2.30 bits per heavy atom. The van der Waals surface area contributed by atoms with Gasteiger partial charge in [0.2, 0.25) is 0 Å². The van der Waals surface area contributed by atoms with E-state index in [4.69, 9.17) is 27.2 Å². The monoisotopic (exact) mass is 291 g/mol. The van der Waals surface area contributed by atoms with Crippen molar-refractivity contribution in [3.63, 3.8) is 0 Å². The van der Waals surface area contributed by atoms with Crippen LogP contribution >= 0.6 is 12.2 Å². The number of methoxy groups -OCH3 is 1. The number of carbonyl (C=O) groups is 1. The largest absolute Gasteiger partial charge is 0.389 e. The van der Waals surface area contributed by atoms with Crippen LogP contribution in [0, 0.1) is 0 Å². The summed E-state index contributed by atoms with van der Waals surface area (Å²) in [5.74, 6) is 0.103. The van der Waals surface area contributed by atoms with Crippen LogP contribution in [-0.4, -0.2) is 23.2 Å². The molecule has 0 fully saturated rings. The number of hydrogen-bond donors (Lipinski definition) is 2. The van der Waals surface area contributed by atoms with Crippen molar-refractivity contribution in [1.29, 1.82) is 0 Å². The van der Waals surface area contributed by atoms with Gasteiger partial charge in [-0.25, -0.2) is 0 Å². The summed E-state index contributed by atoms with van der Waals surface area (Å²) in [4.78, 5) is 12.2. The van der Waals surface area contributed by atoms with Crippen molar-refractivity contribution in [3.05, 3.63) is 47.3 Å². The number of rotatable bonds is 5. The average molecular weight is 291 g/mol. The van der Waals surface area contributed by atoms with E-state index in [2.05, 4.69) is 10.5 Å². The fourth-order valence-electron chi connectivity index (χ4n) is 1.58. The number of aromatic nitrogens is 1. The molecule has 3 N–H and O–H groups in total. The van der Waals surface area contributed by atoms with E-state index in [1.54, 1.807) is 24.3 Å². The maximum absolute atomic E-state index is 12.0. The van der Waals surface area contributed by atoms with Crippen molar-refractivity contribution in [1.82, 2.24) is 5.16 Å². The van der Waals surface area contributed by atoms with Crippen LogP contribution in [-0.2, 0) is 11.3 Å². The minimum atomic E-state index is -0.379. The van der Waals surface area contributed by atoms with E-state index in [1.165, 1.54) is 13.2 Å². The SMILES string of the molecule is COCc1cc(C(=O)Nc2cccc(C(N)=S)c2)no1. The molecule has 2 rings (SSSR count). The highest BCUT2D eigenvalue weighted by atomic mass is 32.1. The van der Waals surface area contributed by atoms with E-state index >= 15 is 0 Å². The Hall–Kier alpha value is -2.25. The lowest BCUT2D eigenvalue weighted by Crippen LogP contribution is -2.14. The molecule has 0 unspecified atom stereocenters. The molecule has 0 bridgehead atoms. The topological polar surface area (TPSA) is 90.4 Å². The summed E-state index contributed by atoms with van der Waals surface area (Å²) in [6.45, 7) is 0.261. The fraction of sp³-hybridized carbons (Fsp3) is 0.154. The smallest absolute Gasteiger partial charge is 0.277 e. The number of ether oxygens (including phenoxy) is 1. The Balaban J connectivity index is 2.10. The fourth-order valence-corrected chi connectivity index (χ4v) is 1.70. The maximum Gasteiger partial charge on any atom is 0.277 e. The van der Waals surface area contributed by atoms with Crippen molar-refractivity contribution >= 4 is 28.8 Å². The van der Waals surface area contributed by atoms with Gasteiger partial charge in [-0.05, 0) is 12.1 Å².